The summed E-state index contributed by atoms with van der Waals surface area (Å²) in [5.74, 6) is 0.995. The lowest BCUT2D eigenvalue weighted by molar-refractivity contribution is 0.513. The first kappa shape index (κ1) is 13.1. The molecule has 1 aliphatic rings. The quantitative estimate of drug-likeness (QED) is 0.912. The van der Waals surface area contributed by atoms with Crippen LogP contribution < -0.4 is 11.3 Å². The van der Waals surface area contributed by atoms with Crippen LogP contribution in [0.4, 0.5) is 0 Å². The average Bonchev–Trinajstić information content (AvgIpc) is 2.83. The maximum Gasteiger partial charge on any atom is 0.250 e. The van der Waals surface area contributed by atoms with Crippen molar-refractivity contribution in [1.82, 2.24) is 14.1 Å². The monoisotopic (exact) mass is 272 g/mol. The summed E-state index contributed by atoms with van der Waals surface area (Å²) in [6, 6.07) is 3.61. The normalized spacial score (nSPS) is 18.0. The van der Waals surface area contributed by atoms with E-state index >= 15 is 0 Å². The second-order valence-electron chi connectivity index (χ2n) is 5.43. The third kappa shape index (κ3) is 2.29. The number of aromatic nitrogens is 3. The minimum atomic E-state index is 0.0621. The lowest BCUT2D eigenvalue weighted by atomic mass is 9.91. The number of nitrogens with zero attached hydrogens (tertiary/aromatic N) is 3. The van der Waals surface area contributed by atoms with Crippen molar-refractivity contribution in [1.29, 1.82) is 0 Å². The fraction of sp³-hybridized carbons (Fsp3) is 0.467. The van der Waals surface area contributed by atoms with Gasteiger partial charge in [0.1, 0.15) is 5.82 Å². The van der Waals surface area contributed by atoms with Gasteiger partial charge in [0.2, 0.25) is 0 Å². The molecule has 0 saturated carbocycles. The van der Waals surface area contributed by atoms with Gasteiger partial charge in [0, 0.05) is 50.2 Å². The summed E-state index contributed by atoms with van der Waals surface area (Å²) < 4.78 is 3.87. The van der Waals surface area contributed by atoms with Gasteiger partial charge in [-0.05, 0) is 24.8 Å². The van der Waals surface area contributed by atoms with Crippen molar-refractivity contribution in [3.05, 3.63) is 52.0 Å². The highest BCUT2D eigenvalue weighted by Gasteiger charge is 2.20. The molecule has 1 unspecified atom stereocenters. The summed E-state index contributed by atoms with van der Waals surface area (Å²) in [5.41, 5.74) is 8.46. The molecule has 2 N–H and O–H groups in total. The molecule has 2 heterocycles. The first-order valence-corrected chi connectivity index (χ1v) is 7.11. The third-order valence-electron chi connectivity index (χ3n) is 4.14. The van der Waals surface area contributed by atoms with Crippen LogP contribution in [-0.2, 0) is 26.4 Å². The minimum Gasteiger partial charge on any atom is -0.338 e. The molecule has 0 bridgehead atoms. The summed E-state index contributed by atoms with van der Waals surface area (Å²) >= 11 is 0. The Kier molecular flexibility index (Phi) is 3.44. The largest absolute Gasteiger partial charge is 0.338 e. The molecule has 0 spiro atoms. The Labute approximate surface area is 118 Å². The Morgan fingerprint density at radius 3 is 3.05 bits per heavy atom. The molecule has 1 aliphatic carbocycles. The van der Waals surface area contributed by atoms with Crippen LogP contribution in [-0.4, -0.2) is 14.1 Å². The Morgan fingerprint density at radius 2 is 2.30 bits per heavy atom. The van der Waals surface area contributed by atoms with Gasteiger partial charge in [-0.1, -0.05) is 6.07 Å². The molecule has 20 heavy (non-hydrogen) atoms. The van der Waals surface area contributed by atoms with E-state index in [9.17, 15) is 4.79 Å². The van der Waals surface area contributed by atoms with E-state index in [1.54, 1.807) is 12.3 Å². The number of pyridine rings is 1. The third-order valence-corrected chi connectivity index (χ3v) is 4.14. The lowest BCUT2D eigenvalue weighted by Gasteiger charge is -2.25. The predicted molar refractivity (Wildman–Crippen MR) is 77.5 cm³/mol. The van der Waals surface area contributed by atoms with E-state index in [1.807, 2.05) is 28.4 Å². The standard InChI is InChI=1S/C15H20N4O/c1-18-10-8-17-14(18)7-9-19-13-4-2-3-12(16)11(13)5-6-15(19)20/h5-6,8,10,12H,2-4,7,9,16H2,1H3. The minimum absolute atomic E-state index is 0.0621. The maximum atomic E-state index is 12.1. The zero-order valence-corrected chi connectivity index (χ0v) is 11.7. The van der Waals surface area contributed by atoms with Crippen LogP contribution in [0.1, 0.15) is 36.0 Å². The van der Waals surface area contributed by atoms with Gasteiger partial charge in [-0.15, -0.1) is 0 Å². The van der Waals surface area contributed by atoms with Crippen LogP contribution in [0.15, 0.2) is 29.3 Å². The molecule has 3 rings (SSSR count). The molecule has 0 fully saturated rings. The first-order valence-electron chi connectivity index (χ1n) is 7.11. The number of rotatable bonds is 3. The smallest absolute Gasteiger partial charge is 0.250 e. The number of hydrogen-bond acceptors (Lipinski definition) is 3. The zero-order valence-electron chi connectivity index (χ0n) is 11.7. The van der Waals surface area contributed by atoms with Crippen LogP contribution in [0.25, 0.3) is 0 Å². The molecule has 0 aromatic carbocycles. The van der Waals surface area contributed by atoms with Crippen LogP contribution in [0.5, 0.6) is 0 Å². The highest BCUT2D eigenvalue weighted by Crippen LogP contribution is 2.26. The Morgan fingerprint density at radius 1 is 1.45 bits per heavy atom. The molecule has 2 aromatic rings. The highest BCUT2D eigenvalue weighted by molar-refractivity contribution is 5.27. The van der Waals surface area contributed by atoms with Crippen molar-refractivity contribution in [3.8, 4) is 0 Å². The van der Waals surface area contributed by atoms with Crippen molar-refractivity contribution in [3.63, 3.8) is 0 Å². The molecule has 106 valence electrons. The summed E-state index contributed by atoms with van der Waals surface area (Å²) in [4.78, 5) is 16.4. The Balaban J connectivity index is 1.91. The van der Waals surface area contributed by atoms with Crippen LogP contribution in [0, 0.1) is 0 Å². The van der Waals surface area contributed by atoms with E-state index in [4.69, 9.17) is 5.73 Å². The van der Waals surface area contributed by atoms with Crippen molar-refractivity contribution in [2.75, 3.05) is 0 Å². The number of aryl methyl sites for hydroxylation is 2. The Hall–Kier alpha value is -1.88. The van der Waals surface area contributed by atoms with Gasteiger partial charge < -0.3 is 14.9 Å². The molecule has 0 amide bonds. The molecule has 1 atom stereocenters. The molecule has 0 radical (unpaired) electrons. The maximum absolute atomic E-state index is 12.1. The predicted octanol–water partition coefficient (Wildman–Crippen LogP) is 1.16. The van der Waals surface area contributed by atoms with Crippen LogP contribution in [0.2, 0.25) is 0 Å². The molecule has 0 saturated heterocycles. The topological polar surface area (TPSA) is 65.8 Å². The first-order chi connectivity index (χ1) is 9.66. The summed E-state index contributed by atoms with van der Waals surface area (Å²) in [5, 5.41) is 0. The van der Waals surface area contributed by atoms with Gasteiger partial charge in [-0.2, -0.15) is 0 Å². The van der Waals surface area contributed by atoms with Gasteiger partial charge in [-0.3, -0.25) is 4.79 Å². The molecule has 0 aliphatic heterocycles. The summed E-state index contributed by atoms with van der Waals surface area (Å²) in [6.45, 7) is 0.666. The van der Waals surface area contributed by atoms with Crippen molar-refractivity contribution in [2.24, 2.45) is 12.8 Å². The molecule has 2 aromatic heterocycles. The van der Waals surface area contributed by atoms with Crippen LogP contribution >= 0.6 is 0 Å². The fourth-order valence-corrected chi connectivity index (χ4v) is 2.99. The summed E-state index contributed by atoms with van der Waals surface area (Å²) in [7, 11) is 1.97. The van der Waals surface area contributed by atoms with E-state index in [-0.39, 0.29) is 11.6 Å². The van der Waals surface area contributed by atoms with Crippen LogP contribution in [0.3, 0.4) is 0 Å². The van der Waals surface area contributed by atoms with E-state index < -0.39 is 0 Å². The van der Waals surface area contributed by atoms with Gasteiger partial charge in [0.05, 0.1) is 0 Å². The summed E-state index contributed by atoms with van der Waals surface area (Å²) in [6.07, 6.45) is 7.47. The van der Waals surface area contributed by atoms with E-state index in [0.29, 0.717) is 6.54 Å². The van der Waals surface area contributed by atoms with Crippen molar-refractivity contribution < 1.29 is 0 Å². The van der Waals surface area contributed by atoms with E-state index in [1.165, 1.54) is 0 Å². The average molecular weight is 272 g/mol. The fourth-order valence-electron chi connectivity index (χ4n) is 2.99. The number of hydrogen-bond donors (Lipinski definition) is 1. The number of imidazole rings is 1. The Bertz CT molecular complexity index is 671. The van der Waals surface area contributed by atoms with Gasteiger partial charge in [0.25, 0.3) is 5.56 Å². The van der Waals surface area contributed by atoms with E-state index in [2.05, 4.69) is 4.98 Å². The second kappa shape index (κ2) is 5.25. The lowest BCUT2D eigenvalue weighted by Crippen LogP contribution is -2.30. The molecular formula is C15H20N4O. The van der Waals surface area contributed by atoms with Gasteiger partial charge >= 0.3 is 0 Å². The van der Waals surface area contributed by atoms with Crippen molar-refractivity contribution in [2.45, 2.75) is 38.3 Å². The molecular weight excluding hydrogens is 252 g/mol. The second-order valence-corrected chi connectivity index (χ2v) is 5.43. The van der Waals surface area contributed by atoms with Gasteiger partial charge in [0.15, 0.2) is 0 Å². The van der Waals surface area contributed by atoms with E-state index in [0.717, 1.165) is 42.8 Å². The molecule has 5 nitrogen and oxygen atoms in total. The SMILES string of the molecule is Cn1ccnc1CCn1c2c(ccc1=O)C(N)CCC2. The highest BCUT2D eigenvalue weighted by atomic mass is 16.1. The number of fused-ring (bicyclic) bond motifs is 1. The van der Waals surface area contributed by atoms with Gasteiger partial charge in [-0.25, -0.2) is 4.98 Å². The zero-order chi connectivity index (χ0) is 14.1. The van der Waals surface area contributed by atoms with Crippen molar-refractivity contribution >= 4 is 0 Å². The number of nitrogens with two attached hydrogens (primary N) is 1. The molecule has 5 heteroatoms.